The molecule has 0 radical (unpaired) electrons. The number of anilines is 1. The third kappa shape index (κ3) is 4.97. The van der Waals surface area contributed by atoms with Gasteiger partial charge in [0.15, 0.2) is 0 Å². The smallest absolute Gasteiger partial charge is 0.254 e. The number of amides is 3. The maximum atomic E-state index is 12.8. The fourth-order valence-electron chi connectivity index (χ4n) is 3.37. The number of carbonyl (C=O) groups is 3. The summed E-state index contributed by atoms with van der Waals surface area (Å²) in [6.07, 6.45) is 0.260. The van der Waals surface area contributed by atoms with E-state index in [0.717, 1.165) is 0 Å². The molecule has 3 rings (SSSR count). The van der Waals surface area contributed by atoms with Crippen molar-refractivity contribution in [1.82, 2.24) is 9.80 Å². The van der Waals surface area contributed by atoms with Crippen molar-refractivity contribution in [3.05, 3.63) is 65.2 Å². The van der Waals surface area contributed by atoms with Crippen LogP contribution in [0.25, 0.3) is 0 Å². The van der Waals surface area contributed by atoms with Crippen LogP contribution in [0.4, 0.5) is 5.69 Å². The Morgan fingerprint density at radius 3 is 2.47 bits per heavy atom. The zero-order valence-corrected chi connectivity index (χ0v) is 17.2. The van der Waals surface area contributed by atoms with Crippen LogP contribution in [-0.2, 0) is 9.59 Å². The fourth-order valence-corrected chi connectivity index (χ4v) is 3.49. The number of carbonyl (C=O) groups excluding carboxylic acids is 3. The fraction of sp³-hybridized carbons (Fsp3) is 0.273. The Kier molecular flexibility index (Phi) is 6.70. The van der Waals surface area contributed by atoms with E-state index in [9.17, 15) is 19.6 Å². The molecule has 1 aliphatic rings. The molecule has 1 fully saturated rings. The first-order valence-electron chi connectivity index (χ1n) is 9.45. The third-order valence-corrected chi connectivity index (χ3v) is 5.24. The van der Waals surface area contributed by atoms with Crippen molar-refractivity contribution in [3.8, 4) is 6.07 Å². The average Bonchev–Trinajstić information content (AvgIpc) is 3.19. The quantitative estimate of drug-likeness (QED) is 0.798. The number of nitrogens with zero attached hydrogens (tertiary/aromatic N) is 3. The number of rotatable bonds is 5. The van der Waals surface area contributed by atoms with Crippen LogP contribution < -0.4 is 5.32 Å². The van der Waals surface area contributed by atoms with Crippen molar-refractivity contribution >= 4 is 35.0 Å². The summed E-state index contributed by atoms with van der Waals surface area (Å²) in [6.45, 7) is -0.0502. The van der Waals surface area contributed by atoms with Crippen LogP contribution in [0.15, 0.2) is 54.6 Å². The first-order chi connectivity index (χ1) is 14.4. The summed E-state index contributed by atoms with van der Waals surface area (Å²) >= 11 is 5.84. The molecule has 0 saturated carbocycles. The molecule has 1 aliphatic heterocycles. The molecular formula is C22H21ClN4O3. The van der Waals surface area contributed by atoms with Gasteiger partial charge in [-0.2, -0.15) is 5.26 Å². The van der Waals surface area contributed by atoms with Gasteiger partial charge in [0.2, 0.25) is 11.8 Å². The highest BCUT2D eigenvalue weighted by molar-refractivity contribution is 6.30. The molecule has 0 aromatic heterocycles. The lowest BCUT2D eigenvalue weighted by Crippen LogP contribution is -2.43. The Morgan fingerprint density at radius 1 is 1.17 bits per heavy atom. The van der Waals surface area contributed by atoms with Gasteiger partial charge in [-0.3, -0.25) is 14.4 Å². The normalized spacial score (nSPS) is 17.8. The van der Waals surface area contributed by atoms with Gasteiger partial charge in [-0.15, -0.1) is 0 Å². The molecule has 154 valence electrons. The Balaban J connectivity index is 1.62. The number of likely N-dealkylation sites (N-methyl/N-ethyl adjacent to an activating group) is 1. The summed E-state index contributed by atoms with van der Waals surface area (Å²) in [5.41, 5.74) is 1.07. The SMILES string of the molecule is CN(CC(=O)N1CC(C(=O)Nc2ccccc2)CC1C#N)C(=O)c1ccc(Cl)cc1. The largest absolute Gasteiger partial charge is 0.332 e. The second kappa shape index (κ2) is 9.42. The van der Waals surface area contributed by atoms with Crippen LogP contribution in [0.5, 0.6) is 0 Å². The topological polar surface area (TPSA) is 93.5 Å². The molecule has 0 bridgehead atoms. The van der Waals surface area contributed by atoms with Crippen LogP contribution >= 0.6 is 11.6 Å². The second-order valence-corrected chi connectivity index (χ2v) is 7.58. The summed E-state index contributed by atoms with van der Waals surface area (Å²) < 4.78 is 0. The second-order valence-electron chi connectivity index (χ2n) is 7.15. The molecule has 30 heavy (non-hydrogen) atoms. The minimum absolute atomic E-state index is 0.138. The van der Waals surface area contributed by atoms with Gasteiger partial charge in [0.25, 0.3) is 5.91 Å². The molecule has 3 amide bonds. The molecule has 1 saturated heterocycles. The number of likely N-dealkylation sites (tertiary alicyclic amines) is 1. The van der Waals surface area contributed by atoms with Gasteiger partial charge in [0.05, 0.1) is 18.5 Å². The maximum Gasteiger partial charge on any atom is 0.254 e. The van der Waals surface area contributed by atoms with Gasteiger partial charge in [0, 0.05) is 29.9 Å². The van der Waals surface area contributed by atoms with E-state index >= 15 is 0 Å². The number of para-hydroxylation sites is 1. The monoisotopic (exact) mass is 424 g/mol. The molecule has 7 nitrogen and oxygen atoms in total. The van der Waals surface area contributed by atoms with Crippen molar-refractivity contribution in [1.29, 1.82) is 5.26 Å². The van der Waals surface area contributed by atoms with E-state index in [0.29, 0.717) is 16.3 Å². The molecule has 2 aromatic rings. The van der Waals surface area contributed by atoms with Gasteiger partial charge in [-0.05, 0) is 42.8 Å². The summed E-state index contributed by atoms with van der Waals surface area (Å²) in [5, 5.41) is 12.8. The number of benzene rings is 2. The highest BCUT2D eigenvalue weighted by Crippen LogP contribution is 2.25. The predicted molar refractivity (Wildman–Crippen MR) is 113 cm³/mol. The van der Waals surface area contributed by atoms with Crippen LogP contribution in [0.3, 0.4) is 0 Å². The number of halogens is 1. The zero-order chi connectivity index (χ0) is 21.7. The number of nitriles is 1. The molecule has 1 heterocycles. The Labute approximate surface area is 179 Å². The molecule has 2 unspecified atom stereocenters. The molecule has 0 aliphatic carbocycles. The third-order valence-electron chi connectivity index (χ3n) is 4.99. The molecule has 8 heteroatoms. The molecule has 0 spiro atoms. The van der Waals surface area contributed by atoms with Crippen molar-refractivity contribution < 1.29 is 14.4 Å². The van der Waals surface area contributed by atoms with Crippen LogP contribution in [0.1, 0.15) is 16.8 Å². The van der Waals surface area contributed by atoms with E-state index in [1.54, 1.807) is 36.4 Å². The molecule has 2 atom stereocenters. The van der Waals surface area contributed by atoms with E-state index in [1.807, 2.05) is 18.2 Å². The summed E-state index contributed by atoms with van der Waals surface area (Å²) in [5.74, 6) is -1.43. The summed E-state index contributed by atoms with van der Waals surface area (Å²) in [4.78, 5) is 40.5. The van der Waals surface area contributed by atoms with Crippen molar-refractivity contribution in [2.45, 2.75) is 12.5 Å². The highest BCUT2D eigenvalue weighted by atomic mass is 35.5. The van der Waals surface area contributed by atoms with E-state index in [1.165, 1.54) is 16.8 Å². The zero-order valence-electron chi connectivity index (χ0n) is 16.4. The minimum atomic E-state index is -0.706. The van der Waals surface area contributed by atoms with Gasteiger partial charge >= 0.3 is 0 Å². The van der Waals surface area contributed by atoms with Crippen molar-refractivity contribution in [2.75, 3.05) is 25.5 Å². The molecule has 1 N–H and O–H groups in total. The van der Waals surface area contributed by atoms with Crippen molar-refractivity contribution in [3.63, 3.8) is 0 Å². The number of nitrogens with one attached hydrogen (secondary N) is 1. The Hall–Kier alpha value is -3.37. The van der Waals surface area contributed by atoms with Gasteiger partial charge in [-0.25, -0.2) is 0 Å². The highest BCUT2D eigenvalue weighted by Gasteiger charge is 2.39. The lowest BCUT2D eigenvalue weighted by Gasteiger charge is -2.24. The Morgan fingerprint density at radius 2 is 1.83 bits per heavy atom. The van der Waals surface area contributed by atoms with Gasteiger partial charge < -0.3 is 15.1 Å². The lowest BCUT2D eigenvalue weighted by atomic mass is 10.1. The maximum absolute atomic E-state index is 12.8. The van der Waals surface area contributed by atoms with Crippen molar-refractivity contribution in [2.24, 2.45) is 5.92 Å². The molecular weight excluding hydrogens is 404 g/mol. The predicted octanol–water partition coefficient (Wildman–Crippen LogP) is 2.79. The van der Waals surface area contributed by atoms with E-state index in [2.05, 4.69) is 11.4 Å². The first kappa shape index (κ1) is 21.3. The van der Waals surface area contributed by atoms with Crippen LogP contribution in [-0.4, -0.2) is 53.7 Å². The average molecular weight is 425 g/mol. The van der Waals surface area contributed by atoms with E-state index < -0.39 is 12.0 Å². The van der Waals surface area contributed by atoms with Crippen LogP contribution in [0, 0.1) is 17.2 Å². The van der Waals surface area contributed by atoms with E-state index in [4.69, 9.17) is 11.6 Å². The van der Waals surface area contributed by atoms with E-state index in [-0.39, 0.29) is 37.2 Å². The Bertz CT molecular complexity index is 972. The van der Waals surface area contributed by atoms with Gasteiger partial charge in [-0.1, -0.05) is 29.8 Å². The van der Waals surface area contributed by atoms with Gasteiger partial charge in [0.1, 0.15) is 6.04 Å². The minimum Gasteiger partial charge on any atom is -0.332 e. The number of hydrogen-bond donors (Lipinski definition) is 1. The summed E-state index contributed by atoms with van der Waals surface area (Å²) in [6, 6.07) is 16.8. The molecule has 2 aromatic carbocycles. The standard InChI is InChI=1S/C22H21ClN4O3/c1-26(22(30)15-7-9-17(23)10-8-15)14-20(28)27-13-16(11-19(27)12-24)21(29)25-18-5-3-2-4-6-18/h2-10,16,19H,11,13-14H2,1H3,(H,25,29). The van der Waals surface area contributed by atoms with Crippen LogP contribution in [0.2, 0.25) is 5.02 Å². The summed E-state index contributed by atoms with van der Waals surface area (Å²) in [7, 11) is 1.52. The number of hydrogen-bond acceptors (Lipinski definition) is 4. The first-order valence-corrected chi connectivity index (χ1v) is 9.83. The lowest BCUT2D eigenvalue weighted by molar-refractivity contribution is -0.131.